The van der Waals surface area contributed by atoms with E-state index in [9.17, 15) is 18.4 Å². The molecule has 2 atom stereocenters. The number of nitrogens with zero attached hydrogens (tertiary/aromatic N) is 5. The third-order valence-electron chi connectivity index (χ3n) is 3.98. The number of pyridine rings is 1. The number of esters is 1. The molecule has 146 valence electrons. The minimum absolute atomic E-state index is 0.0343. The van der Waals surface area contributed by atoms with Gasteiger partial charge in [-0.15, -0.1) is 5.10 Å². The predicted molar refractivity (Wildman–Crippen MR) is 98.4 cm³/mol. The van der Waals surface area contributed by atoms with Crippen LogP contribution in [-0.4, -0.2) is 66.7 Å². The summed E-state index contributed by atoms with van der Waals surface area (Å²) < 4.78 is 28.5. The SMILES string of the molecule is CCCS(=O)(=O)c1nnc([N+]2([O-])CN(C)CC2OC(=O)c2cccnc2)s1. The molecule has 0 saturated carbocycles. The number of sulfone groups is 1. The number of hydroxylamine groups is 2. The molecule has 2 unspecified atom stereocenters. The average Bonchev–Trinajstić information content (AvgIpc) is 3.22. The normalized spacial score (nSPS) is 23.4. The molecular formula is C15H19N5O5S2. The second-order valence-electron chi connectivity index (χ2n) is 6.25. The Balaban J connectivity index is 1.86. The first-order valence-corrected chi connectivity index (χ1v) is 10.7. The molecule has 1 aliphatic heterocycles. The van der Waals surface area contributed by atoms with Crippen molar-refractivity contribution >= 4 is 32.3 Å². The Bertz CT molecular complexity index is 920. The first-order valence-electron chi connectivity index (χ1n) is 8.21. The maximum Gasteiger partial charge on any atom is 0.344 e. The number of rotatable bonds is 6. The molecule has 1 fully saturated rings. The zero-order valence-corrected chi connectivity index (χ0v) is 16.4. The van der Waals surface area contributed by atoms with Crippen LogP contribution in [0.2, 0.25) is 0 Å². The number of ether oxygens (including phenoxy) is 1. The molecule has 0 bridgehead atoms. The van der Waals surface area contributed by atoms with Crippen molar-refractivity contribution in [3.05, 3.63) is 35.3 Å². The highest BCUT2D eigenvalue weighted by Gasteiger charge is 2.46. The molecule has 0 N–H and O–H groups in total. The van der Waals surface area contributed by atoms with Crippen LogP contribution in [0.4, 0.5) is 5.13 Å². The monoisotopic (exact) mass is 413 g/mol. The Kier molecular flexibility index (Phi) is 5.53. The zero-order chi connectivity index (χ0) is 19.7. The molecule has 3 rings (SSSR count). The smallest absolute Gasteiger partial charge is 0.344 e. The molecule has 12 heteroatoms. The van der Waals surface area contributed by atoms with Crippen molar-refractivity contribution in [2.75, 3.05) is 26.0 Å². The van der Waals surface area contributed by atoms with E-state index in [1.54, 1.807) is 24.9 Å². The molecule has 0 aromatic carbocycles. The number of carbonyl (C=O) groups excluding carboxylic acids is 1. The Labute approximate surface area is 160 Å². The maximum atomic E-state index is 13.4. The average molecular weight is 413 g/mol. The Hall–Kier alpha value is -1.99. The van der Waals surface area contributed by atoms with Gasteiger partial charge in [-0.2, -0.15) is 0 Å². The van der Waals surface area contributed by atoms with Gasteiger partial charge in [0.05, 0.1) is 17.9 Å². The van der Waals surface area contributed by atoms with Gasteiger partial charge in [0.15, 0.2) is 0 Å². The highest BCUT2D eigenvalue weighted by Crippen LogP contribution is 2.35. The van der Waals surface area contributed by atoms with E-state index in [0.717, 1.165) is 11.3 Å². The van der Waals surface area contributed by atoms with Crippen molar-refractivity contribution in [3.63, 3.8) is 0 Å². The lowest BCUT2D eigenvalue weighted by atomic mass is 10.3. The fourth-order valence-corrected chi connectivity index (χ4v) is 5.23. The fraction of sp³-hybridized carbons (Fsp3) is 0.467. The lowest BCUT2D eigenvalue weighted by Gasteiger charge is -2.38. The Morgan fingerprint density at radius 2 is 2.26 bits per heavy atom. The second-order valence-corrected chi connectivity index (χ2v) is 9.49. The fourth-order valence-electron chi connectivity index (χ4n) is 2.72. The number of carbonyl (C=O) groups is 1. The van der Waals surface area contributed by atoms with Gasteiger partial charge in [0, 0.05) is 12.4 Å². The molecule has 27 heavy (non-hydrogen) atoms. The summed E-state index contributed by atoms with van der Waals surface area (Å²) in [7, 11) is -1.87. The summed E-state index contributed by atoms with van der Waals surface area (Å²) in [5, 5.41) is 20.9. The van der Waals surface area contributed by atoms with Crippen LogP contribution in [-0.2, 0) is 14.6 Å². The first kappa shape index (κ1) is 19.8. The highest BCUT2D eigenvalue weighted by molar-refractivity contribution is 7.93. The van der Waals surface area contributed by atoms with E-state index >= 15 is 0 Å². The van der Waals surface area contributed by atoms with Crippen molar-refractivity contribution in [3.8, 4) is 0 Å². The maximum absolute atomic E-state index is 13.4. The van der Waals surface area contributed by atoms with Gasteiger partial charge in [0.1, 0.15) is 6.67 Å². The molecule has 1 aliphatic rings. The van der Waals surface area contributed by atoms with E-state index in [-0.39, 0.29) is 34.0 Å². The summed E-state index contributed by atoms with van der Waals surface area (Å²) in [4.78, 5) is 17.9. The Morgan fingerprint density at radius 3 is 2.93 bits per heavy atom. The zero-order valence-electron chi connectivity index (χ0n) is 14.8. The van der Waals surface area contributed by atoms with Gasteiger partial charge in [-0.05, 0) is 36.9 Å². The molecular weight excluding hydrogens is 394 g/mol. The predicted octanol–water partition coefficient (Wildman–Crippen LogP) is 1.01. The van der Waals surface area contributed by atoms with Gasteiger partial charge in [0.25, 0.3) is 6.23 Å². The lowest BCUT2D eigenvalue weighted by Crippen LogP contribution is -2.50. The van der Waals surface area contributed by atoms with E-state index in [4.69, 9.17) is 4.74 Å². The largest absolute Gasteiger partial charge is 0.622 e. The van der Waals surface area contributed by atoms with Crippen molar-refractivity contribution in [2.45, 2.75) is 23.9 Å². The topological polar surface area (TPSA) is 125 Å². The van der Waals surface area contributed by atoms with Crippen LogP contribution in [0, 0.1) is 5.21 Å². The van der Waals surface area contributed by atoms with Crippen molar-refractivity contribution in [1.29, 1.82) is 0 Å². The van der Waals surface area contributed by atoms with E-state index in [0.29, 0.717) is 6.42 Å². The molecule has 2 aromatic rings. The van der Waals surface area contributed by atoms with Crippen LogP contribution < -0.4 is 4.65 Å². The van der Waals surface area contributed by atoms with Crippen LogP contribution in [0.25, 0.3) is 0 Å². The number of hydrogen-bond donors (Lipinski definition) is 0. The molecule has 0 spiro atoms. The molecule has 1 saturated heterocycles. The van der Waals surface area contributed by atoms with Crippen molar-refractivity contribution < 1.29 is 17.9 Å². The summed E-state index contributed by atoms with van der Waals surface area (Å²) in [5.74, 6) is -0.745. The van der Waals surface area contributed by atoms with Crippen LogP contribution in [0.3, 0.4) is 0 Å². The van der Waals surface area contributed by atoms with E-state index < -0.39 is 26.7 Å². The van der Waals surface area contributed by atoms with E-state index in [1.807, 2.05) is 0 Å². The van der Waals surface area contributed by atoms with Crippen molar-refractivity contribution in [2.24, 2.45) is 0 Å². The molecule has 0 radical (unpaired) electrons. The van der Waals surface area contributed by atoms with Gasteiger partial charge >= 0.3 is 11.1 Å². The van der Waals surface area contributed by atoms with Crippen LogP contribution in [0.15, 0.2) is 28.9 Å². The number of likely N-dealkylation sites (N-methyl/N-ethyl adjacent to an activating group) is 1. The van der Waals surface area contributed by atoms with Gasteiger partial charge in [-0.1, -0.05) is 12.0 Å². The minimum atomic E-state index is -3.58. The third-order valence-corrected chi connectivity index (χ3v) is 7.38. The molecule has 3 heterocycles. The highest BCUT2D eigenvalue weighted by atomic mass is 32.2. The van der Waals surface area contributed by atoms with E-state index in [1.165, 1.54) is 18.5 Å². The summed E-state index contributed by atoms with van der Waals surface area (Å²) >= 11 is 0.724. The number of quaternary nitrogens is 1. The van der Waals surface area contributed by atoms with Crippen LogP contribution >= 0.6 is 11.3 Å². The summed E-state index contributed by atoms with van der Waals surface area (Å²) in [6.45, 7) is 1.89. The molecule has 0 aliphatic carbocycles. The van der Waals surface area contributed by atoms with E-state index in [2.05, 4.69) is 15.2 Å². The van der Waals surface area contributed by atoms with Gasteiger partial charge < -0.3 is 9.94 Å². The molecule has 2 aromatic heterocycles. The second kappa shape index (κ2) is 7.56. The number of hydrogen-bond acceptors (Lipinski definition) is 10. The summed E-state index contributed by atoms with van der Waals surface area (Å²) in [6, 6.07) is 3.13. The van der Waals surface area contributed by atoms with Gasteiger partial charge in [0.2, 0.25) is 14.2 Å². The number of aromatic nitrogens is 3. The molecule has 10 nitrogen and oxygen atoms in total. The molecule has 0 amide bonds. The summed E-state index contributed by atoms with van der Waals surface area (Å²) in [6.07, 6.45) is 2.22. The van der Waals surface area contributed by atoms with Crippen LogP contribution in [0.5, 0.6) is 0 Å². The standard InChI is InChI=1S/C15H19N5O5S2/c1-3-7-27(23,24)15-18-17-14(26-15)20(22)10-19(2)9-12(20)25-13(21)11-5-4-6-16-8-11/h4-6,8,12H,3,7,9-10H2,1-2H3. The lowest BCUT2D eigenvalue weighted by molar-refractivity contribution is 0.00555. The first-order chi connectivity index (χ1) is 12.8. The quantitative estimate of drug-likeness (QED) is 0.387. The third kappa shape index (κ3) is 3.99. The van der Waals surface area contributed by atoms with Gasteiger partial charge in [-0.3, -0.25) is 9.63 Å². The van der Waals surface area contributed by atoms with Gasteiger partial charge in [-0.25, -0.2) is 18.1 Å². The Morgan fingerprint density at radius 1 is 1.48 bits per heavy atom. The van der Waals surface area contributed by atoms with Crippen LogP contribution in [0.1, 0.15) is 23.7 Å². The van der Waals surface area contributed by atoms with Crippen molar-refractivity contribution in [1.82, 2.24) is 24.7 Å². The summed E-state index contributed by atoms with van der Waals surface area (Å²) in [5.41, 5.74) is 0.224. The minimum Gasteiger partial charge on any atom is -0.622 e.